The maximum absolute atomic E-state index is 12.4. The van der Waals surface area contributed by atoms with Crippen LogP contribution in [-0.4, -0.2) is 76.6 Å². The SMILES string of the molecule is CSCCC(NC(=O)C(CCC(=O)O)NC(=O)C(C)NC(=O)CN)C(=O)O. The summed E-state index contributed by atoms with van der Waals surface area (Å²) in [5, 5.41) is 24.9. The number of carbonyl (C=O) groups is 5. The van der Waals surface area contributed by atoms with Gasteiger partial charge in [-0.2, -0.15) is 11.8 Å². The third-order valence-electron chi connectivity index (χ3n) is 3.46. The van der Waals surface area contributed by atoms with Crippen molar-refractivity contribution in [3.63, 3.8) is 0 Å². The highest BCUT2D eigenvalue weighted by Gasteiger charge is 2.28. The van der Waals surface area contributed by atoms with Gasteiger partial charge in [0.05, 0.1) is 6.54 Å². The summed E-state index contributed by atoms with van der Waals surface area (Å²) in [4.78, 5) is 57.8. The number of amides is 3. The van der Waals surface area contributed by atoms with Gasteiger partial charge in [0.25, 0.3) is 0 Å². The van der Waals surface area contributed by atoms with Crippen LogP contribution in [0.1, 0.15) is 26.2 Å². The van der Waals surface area contributed by atoms with E-state index >= 15 is 0 Å². The van der Waals surface area contributed by atoms with E-state index in [2.05, 4.69) is 16.0 Å². The van der Waals surface area contributed by atoms with Crippen LogP contribution in [0.25, 0.3) is 0 Å². The van der Waals surface area contributed by atoms with Crippen LogP contribution < -0.4 is 21.7 Å². The van der Waals surface area contributed by atoms with Crippen molar-refractivity contribution in [2.45, 2.75) is 44.3 Å². The average Bonchev–Trinajstić information content (AvgIpc) is 2.60. The Morgan fingerprint density at radius 2 is 1.56 bits per heavy atom. The summed E-state index contributed by atoms with van der Waals surface area (Å²) in [6, 6.07) is -3.43. The third kappa shape index (κ3) is 10.4. The van der Waals surface area contributed by atoms with Gasteiger partial charge in [0.15, 0.2) is 0 Å². The molecule has 11 nitrogen and oxygen atoms in total. The fraction of sp³-hybridized carbons (Fsp3) is 0.667. The summed E-state index contributed by atoms with van der Waals surface area (Å²) in [5.74, 6) is -4.03. The molecule has 0 aromatic rings. The Morgan fingerprint density at radius 1 is 0.963 bits per heavy atom. The smallest absolute Gasteiger partial charge is 0.326 e. The molecule has 0 saturated carbocycles. The number of rotatable bonds is 13. The lowest BCUT2D eigenvalue weighted by Crippen LogP contribution is -2.55. The predicted octanol–water partition coefficient (Wildman–Crippen LogP) is -1.88. The third-order valence-corrected chi connectivity index (χ3v) is 4.11. The van der Waals surface area contributed by atoms with Crippen LogP contribution in [0.2, 0.25) is 0 Å². The van der Waals surface area contributed by atoms with Gasteiger partial charge >= 0.3 is 11.9 Å². The average molecular weight is 406 g/mol. The summed E-state index contributed by atoms with van der Waals surface area (Å²) in [6.45, 7) is 1.05. The van der Waals surface area contributed by atoms with Crippen LogP contribution in [0.4, 0.5) is 0 Å². The molecule has 0 bridgehead atoms. The lowest BCUT2D eigenvalue weighted by Gasteiger charge is -2.22. The Kier molecular flexibility index (Phi) is 11.8. The van der Waals surface area contributed by atoms with E-state index in [0.29, 0.717) is 5.75 Å². The van der Waals surface area contributed by atoms with Crippen molar-refractivity contribution < 1.29 is 34.2 Å². The van der Waals surface area contributed by atoms with Gasteiger partial charge in [-0.1, -0.05) is 0 Å². The molecule has 0 aromatic heterocycles. The molecule has 3 unspecified atom stereocenters. The fourth-order valence-corrected chi connectivity index (χ4v) is 2.44. The number of carbonyl (C=O) groups excluding carboxylic acids is 3. The van der Waals surface area contributed by atoms with E-state index in [1.54, 1.807) is 6.26 Å². The van der Waals surface area contributed by atoms with Crippen LogP contribution in [0.5, 0.6) is 0 Å². The second kappa shape index (κ2) is 12.9. The molecular weight excluding hydrogens is 380 g/mol. The lowest BCUT2D eigenvalue weighted by atomic mass is 10.1. The first-order valence-electron chi connectivity index (χ1n) is 8.16. The molecule has 0 saturated heterocycles. The Hall–Kier alpha value is -2.34. The van der Waals surface area contributed by atoms with Gasteiger partial charge in [-0.15, -0.1) is 0 Å². The molecule has 12 heteroatoms. The largest absolute Gasteiger partial charge is 0.481 e. The minimum Gasteiger partial charge on any atom is -0.481 e. The van der Waals surface area contributed by atoms with Crippen molar-refractivity contribution in [3.05, 3.63) is 0 Å². The second-order valence-electron chi connectivity index (χ2n) is 5.67. The molecule has 0 heterocycles. The zero-order valence-corrected chi connectivity index (χ0v) is 16.0. The van der Waals surface area contributed by atoms with Gasteiger partial charge in [-0.3, -0.25) is 19.2 Å². The monoisotopic (exact) mass is 406 g/mol. The number of carboxylic acid groups (broad SMARTS) is 2. The van der Waals surface area contributed by atoms with Crippen LogP contribution in [0.15, 0.2) is 0 Å². The molecule has 0 aliphatic carbocycles. The normalized spacial score (nSPS) is 13.7. The first-order chi connectivity index (χ1) is 12.6. The molecule has 0 aliphatic rings. The molecule has 3 amide bonds. The van der Waals surface area contributed by atoms with E-state index in [9.17, 15) is 29.1 Å². The van der Waals surface area contributed by atoms with Gasteiger partial charge in [-0.05, 0) is 31.8 Å². The molecule has 7 N–H and O–H groups in total. The molecule has 0 spiro atoms. The number of carboxylic acids is 2. The quantitative estimate of drug-likeness (QED) is 0.203. The number of thioether (sulfide) groups is 1. The Labute approximate surface area is 160 Å². The Balaban J connectivity index is 5.06. The summed E-state index contributed by atoms with van der Waals surface area (Å²) in [6.07, 6.45) is 1.31. The Bertz CT molecular complexity index is 558. The maximum Gasteiger partial charge on any atom is 0.326 e. The second-order valence-corrected chi connectivity index (χ2v) is 6.65. The highest BCUT2D eigenvalue weighted by Crippen LogP contribution is 2.04. The minimum atomic E-state index is -1.26. The molecule has 0 radical (unpaired) electrons. The highest BCUT2D eigenvalue weighted by atomic mass is 32.2. The lowest BCUT2D eigenvalue weighted by molar-refractivity contribution is -0.143. The van der Waals surface area contributed by atoms with Gasteiger partial charge < -0.3 is 31.9 Å². The molecule has 0 aliphatic heterocycles. The van der Waals surface area contributed by atoms with E-state index in [1.165, 1.54) is 18.7 Å². The highest BCUT2D eigenvalue weighted by molar-refractivity contribution is 7.98. The molecule has 27 heavy (non-hydrogen) atoms. The first-order valence-corrected chi connectivity index (χ1v) is 9.55. The summed E-state index contributed by atoms with van der Waals surface area (Å²) in [7, 11) is 0. The number of nitrogens with two attached hydrogens (primary N) is 1. The summed E-state index contributed by atoms with van der Waals surface area (Å²) >= 11 is 1.41. The number of hydrogen-bond donors (Lipinski definition) is 6. The standard InChI is InChI=1S/C15H26N4O7S/c1-8(17-11(20)7-16)13(23)18-9(3-4-12(21)22)14(24)19-10(15(25)26)5-6-27-2/h8-10H,3-7,16H2,1-2H3,(H,17,20)(H,18,23)(H,19,24)(H,21,22)(H,25,26). The van der Waals surface area contributed by atoms with Gasteiger partial charge in [-0.25, -0.2) is 4.79 Å². The van der Waals surface area contributed by atoms with Gasteiger partial charge in [0, 0.05) is 6.42 Å². The van der Waals surface area contributed by atoms with Crippen LogP contribution >= 0.6 is 11.8 Å². The number of hydrogen-bond acceptors (Lipinski definition) is 7. The van der Waals surface area contributed by atoms with E-state index in [4.69, 9.17) is 10.8 Å². The Morgan fingerprint density at radius 3 is 2.04 bits per heavy atom. The zero-order chi connectivity index (χ0) is 21.0. The molecule has 154 valence electrons. The van der Waals surface area contributed by atoms with Crippen LogP contribution in [-0.2, 0) is 24.0 Å². The molecule has 3 atom stereocenters. The van der Waals surface area contributed by atoms with Crippen LogP contribution in [0, 0.1) is 0 Å². The summed E-state index contributed by atoms with van der Waals surface area (Å²) < 4.78 is 0. The van der Waals surface area contributed by atoms with Crippen molar-refractivity contribution in [3.8, 4) is 0 Å². The van der Waals surface area contributed by atoms with Gasteiger partial charge in [0.1, 0.15) is 18.1 Å². The topological polar surface area (TPSA) is 188 Å². The zero-order valence-electron chi connectivity index (χ0n) is 15.2. The van der Waals surface area contributed by atoms with E-state index in [1.807, 2.05) is 0 Å². The molecule has 0 aromatic carbocycles. The predicted molar refractivity (Wildman–Crippen MR) is 98.0 cm³/mol. The molecule has 0 fully saturated rings. The van der Waals surface area contributed by atoms with E-state index < -0.39 is 54.2 Å². The van der Waals surface area contributed by atoms with Crippen LogP contribution in [0.3, 0.4) is 0 Å². The fourth-order valence-electron chi connectivity index (χ4n) is 1.96. The van der Waals surface area contributed by atoms with Crippen molar-refractivity contribution >= 4 is 41.4 Å². The molecule has 0 rings (SSSR count). The van der Waals surface area contributed by atoms with E-state index in [-0.39, 0.29) is 19.4 Å². The summed E-state index contributed by atoms with van der Waals surface area (Å²) in [5.41, 5.74) is 5.14. The number of aliphatic carboxylic acids is 2. The van der Waals surface area contributed by atoms with Crippen molar-refractivity contribution in [1.82, 2.24) is 16.0 Å². The minimum absolute atomic E-state index is 0.171. The first kappa shape index (κ1) is 24.7. The van der Waals surface area contributed by atoms with Crippen molar-refractivity contribution in [2.24, 2.45) is 5.73 Å². The van der Waals surface area contributed by atoms with Gasteiger partial charge in [0.2, 0.25) is 17.7 Å². The van der Waals surface area contributed by atoms with Crippen molar-refractivity contribution in [1.29, 1.82) is 0 Å². The number of nitrogens with one attached hydrogen (secondary N) is 3. The maximum atomic E-state index is 12.4. The van der Waals surface area contributed by atoms with Crippen molar-refractivity contribution in [2.75, 3.05) is 18.6 Å². The molecular formula is C15H26N4O7S. The van der Waals surface area contributed by atoms with E-state index in [0.717, 1.165) is 0 Å².